The molecular formula is C24H30N4O4S2. The van der Waals surface area contributed by atoms with E-state index in [9.17, 15) is 15.1 Å². The molecule has 3 aromatic rings. The molecule has 0 amide bonds. The van der Waals surface area contributed by atoms with E-state index in [1.807, 2.05) is 29.6 Å². The number of carboxylic acid groups (broad SMARTS) is 1. The minimum Gasteiger partial charge on any atom is -0.497 e. The minimum atomic E-state index is -0.741. The Bertz CT molecular complexity index is 1080. The third-order valence-corrected chi connectivity index (χ3v) is 8.49. The molecule has 3 N–H and O–H groups in total. The molecule has 0 saturated carbocycles. The van der Waals surface area contributed by atoms with Crippen molar-refractivity contribution >= 4 is 40.0 Å². The molecule has 1 aliphatic heterocycles. The smallest absolute Gasteiger partial charge is 0.308 e. The Labute approximate surface area is 207 Å². The first-order valence-corrected chi connectivity index (χ1v) is 13.2. The van der Waals surface area contributed by atoms with E-state index in [1.165, 1.54) is 0 Å². The molecule has 8 nitrogen and oxygen atoms in total. The number of nitrogens with zero attached hydrogens (tertiary/aromatic N) is 3. The lowest BCUT2D eigenvalue weighted by Gasteiger charge is -2.37. The third kappa shape index (κ3) is 6.05. The number of carboxylic acids is 1. The summed E-state index contributed by atoms with van der Waals surface area (Å²) in [5, 5.41) is 22.7. The van der Waals surface area contributed by atoms with Crippen LogP contribution in [-0.4, -0.2) is 63.6 Å². The van der Waals surface area contributed by atoms with Gasteiger partial charge in [-0.25, -0.2) is 4.98 Å². The van der Waals surface area contributed by atoms with E-state index in [1.54, 1.807) is 42.6 Å². The zero-order valence-corrected chi connectivity index (χ0v) is 20.7. The van der Waals surface area contributed by atoms with Gasteiger partial charge in [0.1, 0.15) is 10.1 Å². The third-order valence-electron chi connectivity index (χ3n) is 6.54. The molecule has 3 heterocycles. The quantitative estimate of drug-likeness (QED) is 0.261. The summed E-state index contributed by atoms with van der Waals surface area (Å²) in [4.78, 5) is 23.0. The molecule has 182 valence electrons. The lowest BCUT2D eigenvalue weighted by Crippen LogP contribution is -2.44. The van der Waals surface area contributed by atoms with Gasteiger partial charge in [0.05, 0.1) is 24.6 Å². The number of piperidine rings is 1. The van der Waals surface area contributed by atoms with Crippen LogP contribution in [0, 0.1) is 11.8 Å². The number of carbonyl (C=O) groups is 1. The maximum atomic E-state index is 12.1. The molecule has 4 rings (SSSR count). The molecule has 0 bridgehead atoms. The number of thiazole rings is 1. The second-order valence-corrected chi connectivity index (χ2v) is 10.7. The molecule has 0 aliphatic carbocycles. The molecule has 0 unspecified atom stereocenters. The first-order valence-electron chi connectivity index (χ1n) is 11.4. The van der Waals surface area contributed by atoms with Crippen LogP contribution in [0.2, 0.25) is 0 Å². The van der Waals surface area contributed by atoms with E-state index >= 15 is 0 Å². The van der Waals surface area contributed by atoms with E-state index in [0.29, 0.717) is 19.4 Å². The molecule has 34 heavy (non-hydrogen) atoms. The van der Waals surface area contributed by atoms with Crippen molar-refractivity contribution in [1.29, 1.82) is 0 Å². The summed E-state index contributed by atoms with van der Waals surface area (Å²) in [7, 11) is 1.62. The van der Waals surface area contributed by atoms with Crippen molar-refractivity contribution in [1.82, 2.24) is 20.3 Å². The van der Waals surface area contributed by atoms with Crippen LogP contribution in [0.5, 0.6) is 5.75 Å². The number of rotatable bonds is 11. The van der Waals surface area contributed by atoms with Gasteiger partial charge in [0.15, 0.2) is 0 Å². The number of hydrogen-bond donors (Lipinski definition) is 3. The van der Waals surface area contributed by atoms with Crippen molar-refractivity contribution in [2.75, 3.05) is 32.5 Å². The highest BCUT2D eigenvalue weighted by molar-refractivity contribution is 8.01. The second-order valence-electron chi connectivity index (χ2n) is 8.48. The van der Waals surface area contributed by atoms with Gasteiger partial charge in [0.2, 0.25) is 0 Å². The average molecular weight is 503 g/mol. The largest absolute Gasteiger partial charge is 0.497 e. The predicted octanol–water partition coefficient (Wildman–Crippen LogP) is 4.32. The Morgan fingerprint density at radius 3 is 2.97 bits per heavy atom. The fraction of sp³-hybridized carbons (Fsp3) is 0.458. The van der Waals surface area contributed by atoms with Gasteiger partial charge in [0.25, 0.3) is 0 Å². The van der Waals surface area contributed by atoms with Crippen LogP contribution in [0.4, 0.5) is 0 Å². The van der Waals surface area contributed by atoms with E-state index < -0.39 is 11.9 Å². The number of ether oxygens (including phenoxy) is 1. The first kappa shape index (κ1) is 24.9. The van der Waals surface area contributed by atoms with Crippen LogP contribution in [-0.2, 0) is 4.79 Å². The Kier molecular flexibility index (Phi) is 8.74. The fourth-order valence-corrected chi connectivity index (χ4v) is 6.40. The first-order chi connectivity index (χ1) is 16.6. The van der Waals surface area contributed by atoms with Crippen molar-refractivity contribution < 1.29 is 19.8 Å². The fourth-order valence-electron chi connectivity index (χ4n) is 4.69. The summed E-state index contributed by atoms with van der Waals surface area (Å²) in [5.74, 6) is 0.547. The van der Waals surface area contributed by atoms with Crippen molar-refractivity contribution in [2.24, 2.45) is 11.8 Å². The maximum Gasteiger partial charge on any atom is 0.308 e. The monoisotopic (exact) mass is 502 g/mol. The minimum absolute atomic E-state index is 0.0684. The summed E-state index contributed by atoms with van der Waals surface area (Å²) in [6.45, 7) is 2.30. The predicted molar refractivity (Wildman–Crippen MR) is 134 cm³/mol. The van der Waals surface area contributed by atoms with Gasteiger partial charge >= 0.3 is 5.97 Å². The standard InChI is InChI=1S/C24H30N4O4S2/c1-32-17-3-5-21-19(14-17)18(6-8-25-21)22(27-31)4-2-16-7-10-28(15-20(16)23(29)30)11-13-34-24-26-9-12-33-24/h3,5-6,8-9,12,14,16,20,22,27,31H,2,4,7,10-11,13,15H2,1H3,(H,29,30)/t16-,20+,22-/m1/s1. The number of fused-ring (bicyclic) bond motifs is 1. The van der Waals surface area contributed by atoms with Crippen molar-refractivity contribution in [3.63, 3.8) is 0 Å². The second kappa shape index (κ2) is 11.9. The summed E-state index contributed by atoms with van der Waals surface area (Å²) in [6, 6.07) is 7.26. The maximum absolute atomic E-state index is 12.1. The van der Waals surface area contributed by atoms with E-state index in [2.05, 4.69) is 20.3 Å². The molecule has 1 aliphatic rings. The van der Waals surface area contributed by atoms with Gasteiger partial charge in [-0.1, -0.05) is 11.8 Å². The van der Waals surface area contributed by atoms with E-state index in [0.717, 1.165) is 51.8 Å². The van der Waals surface area contributed by atoms with Crippen molar-refractivity contribution in [2.45, 2.75) is 29.6 Å². The van der Waals surface area contributed by atoms with Gasteiger partial charge in [-0.15, -0.1) is 11.3 Å². The summed E-state index contributed by atoms with van der Waals surface area (Å²) in [5.41, 5.74) is 4.20. The van der Waals surface area contributed by atoms with Crippen molar-refractivity contribution in [3.8, 4) is 5.75 Å². The highest BCUT2D eigenvalue weighted by atomic mass is 32.2. The molecule has 0 radical (unpaired) electrons. The normalized spacial score (nSPS) is 19.8. The zero-order chi connectivity index (χ0) is 23.9. The molecule has 3 atom stereocenters. The average Bonchev–Trinajstić information content (AvgIpc) is 3.38. The van der Waals surface area contributed by atoms with Crippen LogP contribution >= 0.6 is 23.1 Å². The molecular weight excluding hydrogens is 472 g/mol. The zero-order valence-electron chi connectivity index (χ0n) is 19.1. The number of pyridine rings is 1. The Morgan fingerprint density at radius 2 is 2.24 bits per heavy atom. The van der Waals surface area contributed by atoms with Crippen LogP contribution in [0.25, 0.3) is 10.9 Å². The SMILES string of the molecule is COc1ccc2nccc([C@@H](CC[C@@H]3CCN(CCSc4nccs4)C[C@@H]3C(=O)O)NO)c2c1. The van der Waals surface area contributed by atoms with Crippen LogP contribution in [0.15, 0.2) is 46.4 Å². The molecule has 1 aromatic carbocycles. The number of aliphatic carboxylic acids is 1. The molecule has 10 heteroatoms. The van der Waals surface area contributed by atoms with Gasteiger partial charge in [0, 0.05) is 42.0 Å². The number of benzene rings is 1. The van der Waals surface area contributed by atoms with Gasteiger partial charge < -0.3 is 20.0 Å². The van der Waals surface area contributed by atoms with E-state index in [-0.39, 0.29) is 12.0 Å². The topological polar surface area (TPSA) is 108 Å². The number of hydroxylamine groups is 1. The number of aromatic nitrogens is 2. The highest BCUT2D eigenvalue weighted by Gasteiger charge is 2.34. The Hall–Kier alpha value is -2.24. The number of nitrogens with one attached hydrogen (secondary N) is 1. The molecule has 2 aromatic heterocycles. The van der Waals surface area contributed by atoms with Gasteiger partial charge in [-0.3, -0.25) is 9.78 Å². The Balaban J connectivity index is 1.38. The number of methoxy groups -OCH3 is 1. The van der Waals surface area contributed by atoms with Crippen molar-refractivity contribution in [3.05, 3.63) is 47.6 Å². The lowest BCUT2D eigenvalue weighted by atomic mass is 9.81. The molecule has 1 fully saturated rings. The molecule has 1 saturated heterocycles. The van der Waals surface area contributed by atoms with Crippen LogP contribution in [0.3, 0.4) is 0 Å². The number of likely N-dealkylation sites (tertiary alicyclic amines) is 1. The number of hydrogen-bond acceptors (Lipinski definition) is 9. The molecule has 0 spiro atoms. The summed E-state index contributed by atoms with van der Waals surface area (Å²) >= 11 is 3.35. The van der Waals surface area contributed by atoms with Gasteiger partial charge in [-0.05, 0) is 61.6 Å². The van der Waals surface area contributed by atoms with Crippen LogP contribution < -0.4 is 10.2 Å². The summed E-state index contributed by atoms with van der Waals surface area (Å²) < 4.78 is 6.41. The van der Waals surface area contributed by atoms with Crippen LogP contribution in [0.1, 0.15) is 30.9 Å². The Morgan fingerprint density at radius 1 is 1.35 bits per heavy atom. The van der Waals surface area contributed by atoms with E-state index in [4.69, 9.17) is 4.74 Å². The lowest BCUT2D eigenvalue weighted by molar-refractivity contribution is -0.146. The number of thioether (sulfide) groups is 1. The highest BCUT2D eigenvalue weighted by Crippen LogP contribution is 2.34. The summed E-state index contributed by atoms with van der Waals surface area (Å²) in [6.07, 6.45) is 5.71. The van der Waals surface area contributed by atoms with Gasteiger partial charge in [-0.2, -0.15) is 5.48 Å².